The normalized spacial score (nSPS) is 31.9. The lowest BCUT2D eigenvalue weighted by molar-refractivity contribution is -0.163. The maximum atomic E-state index is 13.2. The predicted octanol–water partition coefficient (Wildman–Crippen LogP) is -1.24. The van der Waals surface area contributed by atoms with Crippen LogP contribution in [0.15, 0.2) is 10.8 Å². The van der Waals surface area contributed by atoms with Gasteiger partial charge in [-0.05, 0) is 26.7 Å². The second-order valence-corrected chi connectivity index (χ2v) is 11.6. The smallest absolute Gasteiger partial charge is 0.449 e. The minimum atomic E-state index is -1.51. The summed E-state index contributed by atoms with van der Waals surface area (Å²) >= 11 is 1.41. The molecule has 4 aliphatic rings. The summed E-state index contributed by atoms with van der Waals surface area (Å²) in [5, 5.41) is 35.2. The minimum absolute atomic E-state index is 0.00305. The van der Waals surface area contributed by atoms with E-state index < -0.39 is 30.3 Å². The fraction of sp³-hybridized carbons (Fsp3) is 0.696. The standard InChI is InChI=1S/C23H35N7O7S/c1-9-16-15(11(3)31)20(34)30(16)21(37-23(35)36)17(9)38-13-6-14(26-7-13)19(33)29-5-4-12(8-29)28-18(32)10(2)27-22(24)25/h9-16,26,31H,4-8H2,1-3H3,(H,28,32)(H,35,36)(H4,24,25,27)/t9?,10?,11?,12?,13?,14?,15?,16-/m0/s1. The molecule has 7 unspecified atom stereocenters. The quantitative estimate of drug-likeness (QED) is 0.0818. The molecule has 4 aliphatic heterocycles. The molecule has 3 saturated heterocycles. The molecule has 0 aliphatic carbocycles. The Morgan fingerprint density at radius 1 is 1.32 bits per heavy atom. The molecule has 8 atom stereocenters. The summed E-state index contributed by atoms with van der Waals surface area (Å²) in [6.07, 6.45) is -1.25. The van der Waals surface area contributed by atoms with Crippen LogP contribution in [0.2, 0.25) is 0 Å². The van der Waals surface area contributed by atoms with Crippen LogP contribution in [0.1, 0.15) is 33.6 Å². The number of fused-ring (bicyclic) bond motifs is 1. The Bertz CT molecular complexity index is 1050. The highest BCUT2D eigenvalue weighted by Crippen LogP contribution is 2.52. The summed E-state index contributed by atoms with van der Waals surface area (Å²) < 4.78 is 5.02. The molecule has 0 saturated carbocycles. The zero-order valence-electron chi connectivity index (χ0n) is 21.5. The highest BCUT2D eigenvalue weighted by atomic mass is 32.2. The van der Waals surface area contributed by atoms with Crippen LogP contribution in [0.4, 0.5) is 4.79 Å². The molecule has 4 rings (SSSR count). The number of nitrogens with two attached hydrogens (primary N) is 1. The van der Waals surface area contributed by atoms with Crippen LogP contribution in [0.3, 0.4) is 0 Å². The van der Waals surface area contributed by atoms with E-state index in [1.165, 1.54) is 16.7 Å². The highest BCUT2D eigenvalue weighted by Gasteiger charge is 2.60. The van der Waals surface area contributed by atoms with Crippen molar-refractivity contribution in [3.05, 3.63) is 10.8 Å². The van der Waals surface area contributed by atoms with Gasteiger partial charge in [-0.1, -0.05) is 6.92 Å². The Labute approximate surface area is 224 Å². The molecule has 14 nitrogen and oxygen atoms in total. The molecule has 15 heteroatoms. The van der Waals surface area contributed by atoms with Gasteiger partial charge in [0.1, 0.15) is 6.04 Å². The van der Waals surface area contributed by atoms with Gasteiger partial charge in [-0.25, -0.2) is 4.79 Å². The number of aliphatic hydroxyl groups is 1. The number of carbonyl (C=O) groups excluding carboxylic acids is 3. The van der Waals surface area contributed by atoms with Crippen LogP contribution in [0, 0.1) is 17.2 Å². The van der Waals surface area contributed by atoms with Crippen molar-refractivity contribution in [2.75, 3.05) is 19.6 Å². The Kier molecular flexibility index (Phi) is 8.09. The van der Waals surface area contributed by atoms with Gasteiger partial charge in [0.2, 0.25) is 23.6 Å². The molecule has 4 heterocycles. The van der Waals surface area contributed by atoms with Gasteiger partial charge >= 0.3 is 6.16 Å². The highest BCUT2D eigenvalue weighted by molar-refractivity contribution is 8.03. The first-order chi connectivity index (χ1) is 17.9. The van der Waals surface area contributed by atoms with Crippen molar-refractivity contribution in [2.24, 2.45) is 17.6 Å². The second-order valence-electron chi connectivity index (χ2n) is 10.3. The zero-order valence-corrected chi connectivity index (χ0v) is 22.3. The average molecular weight is 554 g/mol. The van der Waals surface area contributed by atoms with Gasteiger partial charge < -0.3 is 41.5 Å². The van der Waals surface area contributed by atoms with Gasteiger partial charge in [0.15, 0.2) is 5.96 Å². The van der Waals surface area contributed by atoms with E-state index in [1.807, 2.05) is 6.92 Å². The molecular weight excluding hydrogens is 518 g/mol. The van der Waals surface area contributed by atoms with E-state index >= 15 is 0 Å². The maximum absolute atomic E-state index is 13.2. The molecule has 3 amide bonds. The second kappa shape index (κ2) is 11.0. The number of β-lactam (4-membered cyclic amide) rings is 1. The van der Waals surface area contributed by atoms with Gasteiger partial charge in [-0.2, -0.15) is 0 Å². The monoisotopic (exact) mass is 553 g/mol. The van der Waals surface area contributed by atoms with Crippen molar-refractivity contribution in [1.82, 2.24) is 25.8 Å². The van der Waals surface area contributed by atoms with Crippen molar-refractivity contribution in [2.45, 2.75) is 69.1 Å². The van der Waals surface area contributed by atoms with E-state index in [9.17, 15) is 29.4 Å². The topological polar surface area (TPSA) is 210 Å². The lowest BCUT2D eigenvalue weighted by Crippen LogP contribution is -2.63. The summed E-state index contributed by atoms with van der Waals surface area (Å²) in [6.45, 7) is 6.43. The van der Waals surface area contributed by atoms with E-state index in [0.717, 1.165) is 0 Å². The van der Waals surface area contributed by atoms with Crippen LogP contribution in [-0.4, -0.2) is 105 Å². The van der Waals surface area contributed by atoms with E-state index in [0.29, 0.717) is 37.4 Å². The Morgan fingerprint density at radius 2 is 2.03 bits per heavy atom. The fourth-order valence-corrected chi connectivity index (χ4v) is 7.11. The Hall–Kier alpha value is -3.04. The van der Waals surface area contributed by atoms with Gasteiger partial charge in [0.25, 0.3) is 0 Å². The molecule has 0 spiro atoms. The number of hydrogen-bond acceptors (Lipinski definition) is 9. The zero-order chi connectivity index (χ0) is 27.9. The number of likely N-dealkylation sites (tertiary alicyclic amines) is 1. The number of carboxylic acid groups (broad SMARTS) is 1. The summed E-state index contributed by atoms with van der Waals surface area (Å²) in [7, 11) is 0. The number of amides is 3. The number of hydrogen-bond donors (Lipinski definition) is 7. The number of carbonyl (C=O) groups is 4. The SMILES string of the molecule is CC(NC(=N)N)C(=O)NC1CCN(C(=O)C2CC(SC3=C(OC(=O)O)N4C(=O)C(C(C)O)[C@@H]4C3C)CN2)C1. The third-order valence-corrected chi connectivity index (χ3v) is 9.03. The van der Waals surface area contributed by atoms with Crippen molar-refractivity contribution < 1.29 is 34.1 Å². The van der Waals surface area contributed by atoms with E-state index in [1.54, 1.807) is 18.7 Å². The summed E-state index contributed by atoms with van der Waals surface area (Å²) in [5.74, 6) is -1.84. The van der Waals surface area contributed by atoms with E-state index in [2.05, 4.69) is 16.0 Å². The number of nitrogens with zero attached hydrogens (tertiary/aromatic N) is 2. The summed E-state index contributed by atoms with van der Waals surface area (Å²) in [4.78, 5) is 53.1. The number of thioether (sulfide) groups is 1. The maximum Gasteiger partial charge on any atom is 0.512 e. The number of nitrogens with one attached hydrogen (secondary N) is 4. The molecule has 0 aromatic heterocycles. The Balaban J connectivity index is 1.34. The summed E-state index contributed by atoms with van der Waals surface area (Å²) in [6, 6.07) is -1.65. The van der Waals surface area contributed by atoms with Crippen molar-refractivity contribution in [3.63, 3.8) is 0 Å². The first-order valence-corrected chi connectivity index (χ1v) is 13.5. The Morgan fingerprint density at radius 3 is 2.66 bits per heavy atom. The molecule has 3 fully saturated rings. The van der Waals surface area contributed by atoms with Crippen LogP contribution in [0.5, 0.6) is 0 Å². The van der Waals surface area contributed by atoms with Crippen LogP contribution < -0.4 is 21.7 Å². The van der Waals surface area contributed by atoms with Gasteiger partial charge in [0, 0.05) is 36.8 Å². The van der Waals surface area contributed by atoms with Crippen LogP contribution >= 0.6 is 11.8 Å². The number of ether oxygens (including phenoxy) is 1. The van der Waals surface area contributed by atoms with Crippen molar-refractivity contribution in [3.8, 4) is 0 Å². The van der Waals surface area contributed by atoms with E-state index in [-0.39, 0.29) is 52.8 Å². The molecule has 210 valence electrons. The lowest BCUT2D eigenvalue weighted by atomic mass is 9.79. The number of rotatable bonds is 8. The third kappa shape index (κ3) is 5.40. The lowest BCUT2D eigenvalue weighted by Gasteiger charge is -2.45. The van der Waals surface area contributed by atoms with Crippen molar-refractivity contribution in [1.29, 1.82) is 5.41 Å². The molecule has 0 radical (unpaired) electrons. The van der Waals surface area contributed by atoms with Gasteiger partial charge in [-0.15, -0.1) is 11.8 Å². The minimum Gasteiger partial charge on any atom is -0.449 e. The van der Waals surface area contributed by atoms with Crippen molar-refractivity contribution >= 4 is 41.6 Å². The first-order valence-electron chi connectivity index (χ1n) is 12.6. The fourth-order valence-electron chi connectivity index (χ4n) is 5.69. The molecule has 0 bridgehead atoms. The third-order valence-electron chi connectivity index (χ3n) is 7.54. The molecule has 38 heavy (non-hydrogen) atoms. The van der Waals surface area contributed by atoms with Crippen LogP contribution in [-0.2, 0) is 19.1 Å². The molecular formula is C23H35N7O7S. The predicted molar refractivity (Wildman–Crippen MR) is 137 cm³/mol. The largest absolute Gasteiger partial charge is 0.512 e. The first kappa shape index (κ1) is 28.0. The molecule has 0 aromatic rings. The van der Waals surface area contributed by atoms with Gasteiger partial charge in [0.05, 0.1) is 29.0 Å². The van der Waals surface area contributed by atoms with Gasteiger partial charge in [-0.3, -0.25) is 24.7 Å². The molecule has 8 N–H and O–H groups in total. The molecule has 0 aromatic carbocycles. The number of aliphatic hydroxyl groups excluding tert-OH is 1. The number of guanidine groups is 1. The van der Waals surface area contributed by atoms with E-state index in [4.69, 9.17) is 15.9 Å². The van der Waals surface area contributed by atoms with Crippen LogP contribution in [0.25, 0.3) is 0 Å². The average Bonchev–Trinajstić information content (AvgIpc) is 3.52. The summed E-state index contributed by atoms with van der Waals surface area (Å²) in [5.41, 5.74) is 5.28.